The van der Waals surface area contributed by atoms with E-state index in [1.165, 1.54) is 0 Å². The number of hydrogen-bond donors (Lipinski definition) is 2. The summed E-state index contributed by atoms with van der Waals surface area (Å²) in [5.41, 5.74) is 5.28. The fraction of sp³-hybridized carbons (Fsp3) is 0.444. The Labute approximate surface area is 102 Å². The molecule has 88 valence electrons. The third kappa shape index (κ3) is 3.34. The zero-order valence-corrected chi connectivity index (χ0v) is 10.8. The molecule has 0 aliphatic carbocycles. The van der Waals surface area contributed by atoms with Gasteiger partial charge in [-0.1, -0.05) is 0 Å². The number of hydrogen-bond acceptors (Lipinski definition) is 5. The molecule has 6 nitrogen and oxygen atoms in total. The highest BCUT2D eigenvalue weighted by Gasteiger charge is 2.09. The number of amidine groups is 1. The van der Waals surface area contributed by atoms with Gasteiger partial charge in [0.1, 0.15) is 0 Å². The van der Waals surface area contributed by atoms with Gasteiger partial charge in [0.05, 0.1) is 23.6 Å². The average molecular weight is 288 g/mol. The maximum absolute atomic E-state index is 7.14. The molecule has 1 heterocycles. The molecule has 0 radical (unpaired) electrons. The number of methoxy groups -OCH3 is 1. The van der Waals surface area contributed by atoms with Crippen LogP contribution in [0.25, 0.3) is 0 Å². The maximum atomic E-state index is 7.14. The van der Waals surface area contributed by atoms with Gasteiger partial charge in [0.15, 0.2) is 0 Å². The molecule has 3 N–H and O–H groups in total. The SMILES string of the molecule is COc1nc(N(C)CCC(=N)N)ncc1Br. The molecule has 16 heavy (non-hydrogen) atoms. The molecule has 1 aromatic rings. The zero-order chi connectivity index (χ0) is 12.1. The van der Waals surface area contributed by atoms with E-state index in [0.29, 0.717) is 29.3 Å². The van der Waals surface area contributed by atoms with Crippen LogP contribution in [0.4, 0.5) is 5.95 Å². The molecule has 0 aliphatic rings. The minimum absolute atomic E-state index is 0.149. The van der Waals surface area contributed by atoms with Crippen molar-refractivity contribution in [2.24, 2.45) is 5.73 Å². The van der Waals surface area contributed by atoms with E-state index in [-0.39, 0.29) is 5.84 Å². The first-order chi connectivity index (χ1) is 7.54. The average Bonchev–Trinajstić information content (AvgIpc) is 2.26. The molecule has 0 atom stereocenters. The Hall–Kier alpha value is -1.37. The first-order valence-corrected chi connectivity index (χ1v) is 5.44. The highest BCUT2D eigenvalue weighted by molar-refractivity contribution is 9.10. The van der Waals surface area contributed by atoms with Gasteiger partial charge in [0.25, 0.3) is 0 Å². The molecule has 1 rings (SSSR count). The first kappa shape index (κ1) is 12.7. The minimum atomic E-state index is 0.149. The first-order valence-electron chi connectivity index (χ1n) is 4.65. The number of anilines is 1. The number of nitrogens with two attached hydrogens (primary N) is 1. The van der Waals surface area contributed by atoms with Crippen molar-refractivity contribution in [1.29, 1.82) is 5.41 Å². The Balaban J connectivity index is 2.75. The zero-order valence-electron chi connectivity index (χ0n) is 9.20. The molecular formula is C9H14BrN5O. The fourth-order valence-electron chi connectivity index (χ4n) is 1.06. The normalized spacial score (nSPS) is 9.94. The van der Waals surface area contributed by atoms with Crippen LogP contribution in [0.1, 0.15) is 6.42 Å². The lowest BCUT2D eigenvalue weighted by atomic mass is 10.4. The Kier molecular flexibility index (Phi) is 4.48. The molecule has 0 spiro atoms. The molecule has 0 aromatic carbocycles. The van der Waals surface area contributed by atoms with Gasteiger partial charge in [-0.3, -0.25) is 5.41 Å². The highest BCUT2D eigenvalue weighted by atomic mass is 79.9. The van der Waals surface area contributed by atoms with Crippen molar-refractivity contribution in [1.82, 2.24) is 9.97 Å². The van der Waals surface area contributed by atoms with Crippen LogP contribution in [0.15, 0.2) is 10.7 Å². The van der Waals surface area contributed by atoms with Crippen LogP contribution in [0.2, 0.25) is 0 Å². The predicted octanol–water partition coefficient (Wildman–Crippen LogP) is 1.01. The molecule has 0 amide bonds. The van der Waals surface area contributed by atoms with E-state index in [1.54, 1.807) is 13.3 Å². The summed E-state index contributed by atoms with van der Waals surface area (Å²) in [4.78, 5) is 10.2. The van der Waals surface area contributed by atoms with E-state index in [0.717, 1.165) is 0 Å². The second kappa shape index (κ2) is 5.64. The largest absolute Gasteiger partial charge is 0.480 e. The summed E-state index contributed by atoms with van der Waals surface area (Å²) in [7, 11) is 3.39. The van der Waals surface area contributed by atoms with Crippen molar-refractivity contribution in [2.75, 3.05) is 25.6 Å². The molecule has 0 aliphatic heterocycles. The number of nitrogens with zero attached hydrogens (tertiary/aromatic N) is 3. The summed E-state index contributed by atoms with van der Waals surface area (Å²) < 4.78 is 5.78. The monoisotopic (exact) mass is 287 g/mol. The summed E-state index contributed by atoms with van der Waals surface area (Å²) in [6.45, 7) is 0.597. The van der Waals surface area contributed by atoms with Crippen LogP contribution in [-0.2, 0) is 0 Å². The van der Waals surface area contributed by atoms with E-state index in [9.17, 15) is 0 Å². The predicted molar refractivity (Wildman–Crippen MR) is 66.1 cm³/mol. The van der Waals surface area contributed by atoms with Gasteiger partial charge in [-0.25, -0.2) is 4.98 Å². The number of rotatable bonds is 5. The van der Waals surface area contributed by atoms with Crippen LogP contribution < -0.4 is 15.4 Å². The molecule has 0 saturated carbocycles. The third-order valence-corrected chi connectivity index (χ3v) is 2.49. The Morgan fingerprint density at radius 1 is 1.69 bits per heavy atom. The Bertz CT molecular complexity index is 384. The van der Waals surface area contributed by atoms with Crippen LogP contribution in [-0.4, -0.2) is 36.5 Å². The van der Waals surface area contributed by atoms with Crippen LogP contribution in [0.5, 0.6) is 5.88 Å². The maximum Gasteiger partial charge on any atom is 0.232 e. The van der Waals surface area contributed by atoms with E-state index in [2.05, 4.69) is 25.9 Å². The van der Waals surface area contributed by atoms with Gasteiger partial charge in [0.2, 0.25) is 11.8 Å². The van der Waals surface area contributed by atoms with Crippen molar-refractivity contribution in [3.63, 3.8) is 0 Å². The van der Waals surface area contributed by atoms with E-state index >= 15 is 0 Å². The van der Waals surface area contributed by atoms with Crippen molar-refractivity contribution >= 4 is 27.7 Å². The molecule has 0 bridgehead atoms. The Morgan fingerprint density at radius 2 is 2.38 bits per heavy atom. The van der Waals surface area contributed by atoms with Crippen molar-refractivity contribution in [2.45, 2.75) is 6.42 Å². The number of aromatic nitrogens is 2. The smallest absolute Gasteiger partial charge is 0.232 e. The molecule has 0 unspecified atom stereocenters. The van der Waals surface area contributed by atoms with Gasteiger partial charge in [-0.2, -0.15) is 4.98 Å². The quantitative estimate of drug-likeness (QED) is 0.623. The second-order valence-corrected chi connectivity index (χ2v) is 4.08. The van der Waals surface area contributed by atoms with Crippen LogP contribution >= 0.6 is 15.9 Å². The van der Waals surface area contributed by atoms with Crippen LogP contribution in [0.3, 0.4) is 0 Å². The minimum Gasteiger partial charge on any atom is -0.480 e. The number of halogens is 1. The van der Waals surface area contributed by atoms with Gasteiger partial charge in [0, 0.05) is 20.0 Å². The number of nitrogens with one attached hydrogen (secondary N) is 1. The summed E-state index contributed by atoms with van der Waals surface area (Å²) in [6.07, 6.45) is 2.11. The lowest BCUT2D eigenvalue weighted by molar-refractivity contribution is 0.394. The van der Waals surface area contributed by atoms with Crippen molar-refractivity contribution < 1.29 is 4.74 Å². The fourth-order valence-corrected chi connectivity index (χ4v) is 1.41. The van der Waals surface area contributed by atoms with Gasteiger partial charge in [-0.05, 0) is 15.9 Å². The van der Waals surface area contributed by atoms with Gasteiger partial charge < -0.3 is 15.4 Å². The summed E-state index contributed by atoms with van der Waals surface area (Å²) in [5.74, 6) is 1.18. The van der Waals surface area contributed by atoms with E-state index in [1.807, 2.05) is 11.9 Å². The van der Waals surface area contributed by atoms with Gasteiger partial charge in [-0.15, -0.1) is 0 Å². The standard InChI is InChI=1S/C9H14BrN5O/c1-15(4-3-7(11)12)9-13-5-6(10)8(14-9)16-2/h5H,3-4H2,1-2H3,(H3,11,12). The summed E-state index contributed by atoms with van der Waals surface area (Å²) in [6, 6.07) is 0. The van der Waals surface area contributed by atoms with E-state index in [4.69, 9.17) is 15.9 Å². The Morgan fingerprint density at radius 3 is 2.94 bits per heavy atom. The topological polar surface area (TPSA) is 88.1 Å². The highest BCUT2D eigenvalue weighted by Crippen LogP contribution is 2.22. The molecular weight excluding hydrogens is 274 g/mol. The second-order valence-electron chi connectivity index (χ2n) is 3.22. The van der Waals surface area contributed by atoms with Crippen molar-refractivity contribution in [3.8, 4) is 5.88 Å². The molecule has 1 aromatic heterocycles. The molecule has 0 saturated heterocycles. The third-order valence-electron chi connectivity index (χ3n) is 1.95. The molecule has 7 heteroatoms. The lowest BCUT2D eigenvalue weighted by Crippen LogP contribution is -2.25. The number of ether oxygens (including phenoxy) is 1. The van der Waals surface area contributed by atoms with Crippen molar-refractivity contribution in [3.05, 3.63) is 10.7 Å². The molecule has 0 fully saturated rings. The van der Waals surface area contributed by atoms with Crippen LogP contribution in [0, 0.1) is 5.41 Å². The lowest BCUT2D eigenvalue weighted by Gasteiger charge is -2.16. The summed E-state index contributed by atoms with van der Waals surface area (Å²) >= 11 is 3.28. The van der Waals surface area contributed by atoms with Gasteiger partial charge >= 0.3 is 0 Å². The van der Waals surface area contributed by atoms with E-state index < -0.39 is 0 Å². The summed E-state index contributed by atoms with van der Waals surface area (Å²) in [5, 5.41) is 7.14.